The van der Waals surface area contributed by atoms with E-state index in [-0.39, 0.29) is 0 Å². The van der Waals surface area contributed by atoms with Crippen molar-refractivity contribution in [3.05, 3.63) is 29.3 Å². The third-order valence-corrected chi connectivity index (χ3v) is 3.58. The summed E-state index contributed by atoms with van der Waals surface area (Å²) in [6.45, 7) is 6.31. The first kappa shape index (κ1) is 12.9. The van der Waals surface area contributed by atoms with Crippen LogP contribution < -0.4 is 0 Å². The van der Waals surface area contributed by atoms with Gasteiger partial charge in [0.05, 0.1) is 17.0 Å². The number of nitrogens with zero attached hydrogens (tertiary/aromatic N) is 1. The number of benzene rings is 1. The molecule has 16 heavy (non-hydrogen) atoms. The fraction of sp³-hybridized carbons (Fsp3) is 0.417. The van der Waals surface area contributed by atoms with Crippen molar-refractivity contribution < 1.29 is 9.05 Å². The lowest BCUT2D eigenvalue weighted by Gasteiger charge is -2.04. The molecule has 3 nitrogen and oxygen atoms in total. The Morgan fingerprint density at radius 3 is 2.81 bits per heavy atom. The minimum Gasteiger partial charge on any atom is -0.396 e. The number of aryl methyl sites for hydroxylation is 1. The Bertz CT molecular complexity index is 402. The maximum Gasteiger partial charge on any atom is 0.114 e. The van der Waals surface area contributed by atoms with E-state index in [2.05, 4.69) is 5.16 Å². The standard InChI is InChI=1S/C12H17NO2S/c1-4-15-13-9-11-7-6-10(3)12(8-11)16(14)5-2/h6-9H,4-5H2,1-3H3/b13-9+. The summed E-state index contributed by atoms with van der Waals surface area (Å²) in [5, 5.41) is 3.79. The molecule has 88 valence electrons. The van der Waals surface area contributed by atoms with Crippen LogP contribution in [0.3, 0.4) is 0 Å². The molecular formula is C12H17NO2S. The first-order valence-electron chi connectivity index (χ1n) is 5.33. The zero-order valence-corrected chi connectivity index (χ0v) is 10.7. The van der Waals surface area contributed by atoms with Crippen LogP contribution in [-0.4, -0.2) is 22.8 Å². The highest BCUT2D eigenvalue weighted by Gasteiger charge is 2.05. The van der Waals surface area contributed by atoms with Crippen molar-refractivity contribution in [1.82, 2.24) is 0 Å². The Hall–Kier alpha value is -1.16. The first-order chi connectivity index (χ1) is 7.69. The molecule has 0 amide bonds. The molecule has 0 radical (unpaired) electrons. The summed E-state index contributed by atoms with van der Waals surface area (Å²) in [4.78, 5) is 5.77. The van der Waals surface area contributed by atoms with Crippen LogP contribution in [-0.2, 0) is 15.6 Å². The molecule has 0 heterocycles. The molecule has 0 spiro atoms. The van der Waals surface area contributed by atoms with E-state index in [4.69, 9.17) is 4.84 Å². The minimum atomic E-state index is -0.922. The Kier molecular flexibility index (Phi) is 5.19. The molecule has 0 saturated heterocycles. The zero-order chi connectivity index (χ0) is 12.0. The molecule has 0 N–H and O–H groups in total. The molecule has 0 aliphatic rings. The molecule has 1 atom stereocenters. The number of hydrogen-bond donors (Lipinski definition) is 0. The van der Waals surface area contributed by atoms with Gasteiger partial charge in [-0.3, -0.25) is 4.21 Å². The Morgan fingerprint density at radius 2 is 2.19 bits per heavy atom. The van der Waals surface area contributed by atoms with Gasteiger partial charge in [0.2, 0.25) is 0 Å². The molecule has 1 rings (SSSR count). The fourth-order valence-electron chi connectivity index (χ4n) is 1.27. The van der Waals surface area contributed by atoms with Gasteiger partial charge in [-0.1, -0.05) is 24.2 Å². The van der Waals surface area contributed by atoms with Crippen LogP contribution in [0.4, 0.5) is 0 Å². The molecule has 0 fully saturated rings. The minimum absolute atomic E-state index is 0.552. The second kappa shape index (κ2) is 6.43. The molecule has 0 bridgehead atoms. The highest BCUT2D eigenvalue weighted by atomic mass is 32.2. The normalized spacial score (nSPS) is 12.9. The van der Waals surface area contributed by atoms with Gasteiger partial charge in [0.1, 0.15) is 6.61 Å². The van der Waals surface area contributed by atoms with Crippen molar-refractivity contribution in [3.63, 3.8) is 0 Å². The van der Waals surface area contributed by atoms with Crippen LogP contribution in [0.15, 0.2) is 28.3 Å². The van der Waals surface area contributed by atoms with Crippen molar-refractivity contribution in [2.75, 3.05) is 12.4 Å². The lowest BCUT2D eigenvalue weighted by molar-refractivity contribution is 0.160. The first-order valence-corrected chi connectivity index (χ1v) is 6.65. The quantitative estimate of drug-likeness (QED) is 0.585. The van der Waals surface area contributed by atoms with Crippen LogP contribution in [0.1, 0.15) is 25.0 Å². The SMILES string of the molecule is CCO/N=C/c1ccc(C)c(S(=O)CC)c1. The van der Waals surface area contributed by atoms with E-state index in [1.54, 1.807) is 6.21 Å². The Morgan fingerprint density at radius 1 is 1.44 bits per heavy atom. The van der Waals surface area contributed by atoms with Gasteiger partial charge in [0, 0.05) is 10.6 Å². The van der Waals surface area contributed by atoms with E-state index in [9.17, 15) is 4.21 Å². The largest absolute Gasteiger partial charge is 0.396 e. The lowest BCUT2D eigenvalue weighted by atomic mass is 10.2. The summed E-state index contributed by atoms with van der Waals surface area (Å²) in [6, 6.07) is 5.79. The Balaban J connectivity index is 2.93. The van der Waals surface area contributed by atoms with Crippen LogP contribution in [0.25, 0.3) is 0 Å². The molecule has 0 aliphatic heterocycles. The summed E-state index contributed by atoms with van der Waals surface area (Å²) >= 11 is 0. The van der Waals surface area contributed by atoms with Crippen LogP contribution in [0.2, 0.25) is 0 Å². The smallest absolute Gasteiger partial charge is 0.114 e. The summed E-state index contributed by atoms with van der Waals surface area (Å²) < 4.78 is 11.8. The predicted octanol–water partition coefficient (Wildman–Crippen LogP) is 2.49. The average molecular weight is 239 g/mol. The highest BCUT2D eigenvalue weighted by Crippen LogP contribution is 2.14. The van der Waals surface area contributed by atoms with Crippen LogP contribution in [0.5, 0.6) is 0 Å². The summed E-state index contributed by atoms with van der Waals surface area (Å²) in [7, 11) is -0.922. The van der Waals surface area contributed by atoms with Crippen LogP contribution in [0, 0.1) is 6.92 Å². The molecule has 1 unspecified atom stereocenters. The van der Waals surface area contributed by atoms with Gasteiger partial charge in [0.15, 0.2) is 0 Å². The van der Waals surface area contributed by atoms with Crippen molar-refractivity contribution in [1.29, 1.82) is 0 Å². The van der Waals surface area contributed by atoms with Gasteiger partial charge in [0.25, 0.3) is 0 Å². The van der Waals surface area contributed by atoms with Gasteiger partial charge in [-0.15, -0.1) is 0 Å². The van der Waals surface area contributed by atoms with Crippen molar-refractivity contribution >= 4 is 17.0 Å². The molecule has 1 aromatic rings. The third-order valence-electron chi connectivity index (χ3n) is 2.13. The van der Waals surface area contributed by atoms with Crippen LogP contribution >= 0.6 is 0 Å². The lowest BCUT2D eigenvalue weighted by Crippen LogP contribution is -1.98. The topological polar surface area (TPSA) is 38.7 Å². The number of oxime groups is 1. The monoisotopic (exact) mass is 239 g/mol. The van der Waals surface area contributed by atoms with Gasteiger partial charge in [-0.25, -0.2) is 0 Å². The zero-order valence-electron chi connectivity index (χ0n) is 9.90. The van der Waals surface area contributed by atoms with E-state index in [1.165, 1.54) is 0 Å². The second-order valence-corrected chi connectivity index (χ2v) is 5.02. The van der Waals surface area contributed by atoms with Crippen molar-refractivity contribution in [2.45, 2.75) is 25.7 Å². The number of rotatable bonds is 5. The van der Waals surface area contributed by atoms with E-state index in [0.717, 1.165) is 16.0 Å². The summed E-state index contributed by atoms with van der Waals surface area (Å²) in [5.74, 6) is 0.632. The molecule has 0 aromatic heterocycles. The fourth-order valence-corrected chi connectivity index (χ4v) is 2.28. The highest BCUT2D eigenvalue weighted by molar-refractivity contribution is 7.85. The van der Waals surface area contributed by atoms with E-state index < -0.39 is 10.8 Å². The number of hydrogen-bond acceptors (Lipinski definition) is 3. The van der Waals surface area contributed by atoms with Gasteiger partial charge in [-0.05, 0) is 31.0 Å². The molecule has 4 heteroatoms. The molecule has 1 aromatic carbocycles. The molecule has 0 aliphatic carbocycles. The third kappa shape index (κ3) is 3.45. The van der Waals surface area contributed by atoms with E-state index in [0.29, 0.717) is 12.4 Å². The average Bonchev–Trinajstić information content (AvgIpc) is 2.30. The summed E-state index contributed by atoms with van der Waals surface area (Å²) in [6.07, 6.45) is 1.64. The Labute approximate surface area is 99.0 Å². The predicted molar refractivity (Wildman–Crippen MR) is 67.3 cm³/mol. The maximum absolute atomic E-state index is 11.8. The van der Waals surface area contributed by atoms with Gasteiger partial charge in [-0.2, -0.15) is 0 Å². The second-order valence-electron chi connectivity index (χ2n) is 3.31. The van der Waals surface area contributed by atoms with Crippen molar-refractivity contribution in [3.8, 4) is 0 Å². The molecular weight excluding hydrogens is 222 g/mol. The van der Waals surface area contributed by atoms with Crippen molar-refractivity contribution in [2.24, 2.45) is 5.16 Å². The van der Waals surface area contributed by atoms with Gasteiger partial charge < -0.3 is 4.84 Å². The molecule has 0 saturated carbocycles. The van der Waals surface area contributed by atoms with Gasteiger partial charge >= 0.3 is 0 Å². The van der Waals surface area contributed by atoms with E-state index in [1.807, 2.05) is 39.0 Å². The summed E-state index contributed by atoms with van der Waals surface area (Å²) in [5.41, 5.74) is 1.96. The maximum atomic E-state index is 11.8. The van der Waals surface area contributed by atoms with E-state index >= 15 is 0 Å².